The Kier molecular flexibility index (Phi) is 6.37. The van der Waals surface area contributed by atoms with E-state index in [1.165, 1.54) is 18.7 Å². The van der Waals surface area contributed by atoms with Gasteiger partial charge in [-0.2, -0.15) is 5.10 Å². The second-order valence-corrected chi connectivity index (χ2v) is 8.19. The minimum atomic E-state index is -0.563. The lowest BCUT2D eigenvalue weighted by atomic mass is 10.1. The average Bonchev–Trinajstić information content (AvgIpc) is 3.31. The number of amides is 2. The zero-order chi connectivity index (χ0) is 20.1. The lowest BCUT2D eigenvalue weighted by Crippen LogP contribution is -2.28. The number of nitrogens with one attached hydrogen (secondary N) is 2. The zero-order valence-corrected chi connectivity index (χ0v) is 16.9. The van der Waals surface area contributed by atoms with Crippen LogP contribution in [0.4, 0.5) is 5.69 Å². The zero-order valence-electron chi connectivity index (χ0n) is 15.3. The maximum absolute atomic E-state index is 12.2. The van der Waals surface area contributed by atoms with Crippen LogP contribution in [-0.2, 0) is 9.59 Å². The van der Waals surface area contributed by atoms with E-state index in [1.807, 2.05) is 24.4 Å². The van der Waals surface area contributed by atoms with Gasteiger partial charge in [0.05, 0.1) is 10.6 Å². The minimum absolute atomic E-state index is 0.0115. The van der Waals surface area contributed by atoms with Gasteiger partial charge in [0.2, 0.25) is 11.8 Å². The van der Waals surface area contributed by atoms with Crippen LogP contribution in [0.2, 0.25) is 0 Å². The van der Waals surface area contributed by atoms with E-state index in [9.17, 15) is 14.4 Å². The predicted octanol–water partition coefficient (Wildman–Crippen LogP) is 3.29. The highest BCUT2D eigenvalue weighted by molar-refractivity contribution is 8.15. The fourth-order valence-corrected chi connectivity index (χ4v) is 4.00. The molecule has 0 unspecified atom stereocenters. The summed E-state index contributed by atoms with van der Waals surface area (Å²) in [7, 11) is 0. The molecule has 2 N–H and O–H groups in total. The Labute approximate surface area is 170 Å². The molecule has 1 aliphatic heterocycles. The Hall–Kier alpha value is -2.78. The molecule has 0 aliphatic carbocycles. The van der Waals surface area contributed by atoms with Crippen LogP contribution in [0.5, 0.6) is 0 Å². The lowest BCUT2D eigenvalue weighted by Gasteiger charge is -2.07. The van der Waals surface area contributed by atoms with Crippen molar-refractivity contribution < 1.29 is 14.4 Å². The van der Waals surface area contributed by atoms with Crippen LogP contribution >= 0.6 is 23.1 Å². The van der Waals surface area contributed by atoms with Gasteiger partial charge in [-0.3, -0.25) is 14.4 Å². The molecule has 1 atom stereocenters. The first-order chi connectivity index (χ1) is 13.4. The number of hydrogen-bond donors (Lipinski definition) is 2. The number of rotatable bonds is 6. The molecule has 0 radical (unpaired) electrons. The smallest absolute Gasteiger partial charge is 0.240 e. The second-order valence-electron chi connectivity index (χ2n) is 6.05. The number of carbonyl (C=O) groups excluding carboxylic acids is 3. The van der Waals surface area contributed by atoms with E-state index in [0.717, 1.165) is 10.6 Å². The van der Waals surface area contributed by atoms with Crippen molar-refractivity contribution in [2.24, 2.45) is 10.2 Å². The summed E-state index contributed by atoms with van der Waals surface area (Å²) in [5.41, 5.74) is 1.90. The highest BCUT2D eigenvalue weighted by atomic mass is 32.2. The normalized spacial score (nSPS) is 18.2. The number of thioether (sulfide) groups is 1. The first-order valence-corrected chi connectivity index (χ1v) is 10.2. The number of thiophene rings is 1. The van der Waals surface area contributed by atoms with Gasteiger partial charge in [0, 0.05) is 17.7 Å². The third-order valence-corrected chi connectivity index (χ3v) is 5.94. The Morgan fingerprint density at radius 3 is 2.57 bits per heavy atom. The Bertz CT molecular complexity index is 950. The molecule has 28 heavy (non-hydrogen) atoms. The van der Waals surface area contributed by atoms with Crippen LogP contribution in [0.1, 0.15) is 35.5 Å². The summed E-state index contributed by atoms with van der Waals surface area (Å²) in [4.78, 5) is 36.6. The summed E-state index contributed by atoms with van der Waals surface area (Å²) in [5.74, 6) is -0.599. The number of hydrogen-bond acceptors (Lipinski definition) is 7. The molecule has 1 fully saturated rings. The van der Waals surface area contributed by atoms with E-state index in [4.69, 9.17) is 0 Å². The number of Topliss-reactive ketones (excluding diaryl/α,β-unsaturated/α-hetero) is 1. The quantitative estimate of drug-likeness (QED) is 0.430. The van der Waals surface area contributed by atoms with Crippen molar-refractivity contribution in [2.45, 2.75) is 25.5 Å². The molecule has 9 heteroatoms. The van der Waals surface area contributed by atoms with Crippen LogP contribution in [-0.4, -0.2) is 33.7 Å². The SMILES string of the molecule is CC(=O)c1ccc(NC(=O)C[C@H]2S/C(=N\N=C(\C)c3cccs3)NC2=O)cc1. The molecular formula is C19H18N4O3S2. The van der Waals surface area contributed by atoms with Gasteiger partial charge in [0.1, 0.15) is 5.25 Å². The van der Waals surface area contributed by atoms with Gasteiger partial charge in [-0.15, -0.1) is 16.4 Å². The van der Waals surface area contributed by atoms with Gasteiger partial charge in [-0.25, -0.2) is 0 Å². The fourth-order valence-electron chi connectivity index (χ4n) is 2.41. The molecule has 2 amide bonds. The first kappa shape index (κ1) is 20.0. The predicted molar refractivity (Wildman–Crippen MR) is 113 cm³/mol. The molecule has 1 aromatic heterocycles. The maximum atomic E-state index is 12.2. The van der Waals surface area contributed by atoms with Gasteiger partial charge in [-0.1, -0.05) is 17.8 Å². The summed E-state index contributed by atoms with van der Waals surface area (Å²) >= 11 is 2.74. The van der Waals surface area contributed by atoms with Gasteiger partial charge >= 0.3 is 0 Å². The molecule has 144 valence electrons. The van der Waals surface area contributed by atoms with Crippen LogP contribution in [0, 0.1) is 0 Å². The number of nitrogens with zero attached hydrogens (tertiary/aromatic N) is 2. The van der Waals surface area contributed by atoms with Gasteiger partial charge < -0.3 is 10.6 Å². The Morgan fingerprint density at radius 2 is 1.93 bits per heavy atom. The summed E-state index contributed by atoms with van der Waals surface area (Å²) in [6.45, 7) is 3.33. The van der Waals surface area contributed by atoms with E-state index < -0.39 is 5.25 Å². The number of carbonyl (C=O) groups is 3. The highest BCUT2D eigenvalue weighted by Crippen LogP contribution is 2.23. The van der Waals surface area contributed by atoms with E-state index in [1.54, 1.807) is 35.6 Å². The molecule has 2 aromatic rings. The first-order valence-electron chi connectivity index (χ1n) is 8.47. The van der Waals surface area contributed by atoms with Crippen molar-refractivity contribution in [1.29, 1.82) is 0 Å². The van der Waals surface area contributed by atoms with E-state index in [2.05, 4.69) is 20.8 Å². The van der Waals surface area contributed by atoms with E-state index in [0.29, 0.717) is 16.4 Å². The van der Waals surface area contributed by atoms with Crippen molar-refractivity contribution in [3.05, 3.63) is 52.2 Å². The number of benzene rings is 1. The van der Waals surface area contributed by atoms with E-state index >= 15 is 0 Å². The van der Waals surface area contributed by atoms with Crippen molar-refractivity contribution >= 4 is 57.3 Å². The van der Waals surface area contributed by atoms with Gasteiger partial charge in [0.15, 0.2) is 11.0 Å². The van der Waals surface area contributed by atoms with Crippen molar-refractivity contribution in [3.8, 4) is 0 Å². The number of amidine groups is 1. The molecule has 3 rings (SSSR count). The van der Waals surface area contributed by atoms with Crippen LogP contribution < -0.4 is 10.6 Å². The molecule has 1 saturated heterocycles. The molecule has 0 spiro atoms. The maximum Gasteiger partial charge on any atom is 0.240 e. The molecule has 7 nitrogen and oxygen atoms in total. The summed E-state index contributed by atoms with van der Waals surface area (Å²) in [6, 6.07) is 10.5. The summed E-state index contributed by atoms with van der Waals surface area (Å²) in [6.07, 6.45) is 0.0115. The number of ketones is 1. The lowest BCUT2D eigenvalue weighted by molar-refractivity contribution is -0.122. The molecular weight excluding hydrogens is 396 g/mol. The van der Waals surface area contributed by atoms with Crippen molar-refractivity contribution in [1.82, 2.24) is 5.32 Å². The Balaban J connectivity index is 1.56. The molecule has 0 bridgehead atoms. The largest absolute Gasteiger partial charge is 0.326 e. The summed E-state index contributed by atoms with van der Waals surface area (Å²) < 4.78 is 0. The molecule has 1 aliphatic rings. The second kappa shape index (κ2) is 8.94. The average molecular weight is 415 g/mol. The minimum Gasteiger partial charge on any atom is -0.326 e. The van der Waals surface area contributed by atoms with Crippen LogP contribution in [0.25, 0.3) is 0 Å². The summed E-state index contributed by atoms with van der Waals surface area (Å²) in [5, 5.41) is 15.4. The molecule has 2 heterocycles. The monoisotopic (exact) mass is 414 g/mol. The van der Waals surface area contributed by atoms with Crippen molar-refractivity contribution in [3.63, 3.8) is 0 Å². The Morgan fingerprint density at radius 1 is 1.18 bits per heavy atom. The molecule has 0 saturated carbocycles. The van der Waals surface area contributed by atoms with Crippen LogP contribution in [0.15, 0.2) is 52.0 Å². The standard InChI is InChI=1S/C19H18N4O3S2/c1-11(15-4-3-9-27-15)22-23-19-21-18(26)16(28-19)10-17(25)20-14-7-5-13(6-8-14)12(2)24/h3-9,16H,10H2,1-2H3,(H,20,25)(H,21,23,26)/b22-11-/t16-/m1/s1. The van der Waals surface area contributed by atoms with Crippen molar-refractivity contribution in [2.75, 3.05) is 5.32 Å². The molecule has 1 aromatic carbocycles. The van der Waals surface area contributed by atoms with Crippen LogP contribution in [0.3, 0.4) is 0 Å². The van der Waals surface area contributed by atoms with Gasteiger partial charge in [0.25, 0.3) is 0 Å². The highest BCUT2D eigenvalue weighted by Gasteiger charge is 2.32. The fraction of sp³-hybridized carbons (Fsp3) is 0.211. The van der Waals surface area contributed by atoms with Gasteiger partial charge in [-0.05, 0) is 49.6 Å². The third-order valence-electron chi connectivity index (χ3n) is 3.89. The third kappa shape index (κ3) is 5.14. The topological polar surface area (TPSA) is 100.0 Å². The van der Waals surface area contributed by atoms with E-state index in [-0.39, 0.29) is 24.0 Å². The number of anilines is 1.